The van der Waals surface area contributed by atoms with Gasteiger partial charge in [0.2, 0.25) is 0 Å². The summed E-state index contributed by atoms with van der Waals surface area (Å²) in [5.74, 6) is 0. The van der Waals surface area contributed by atoms with Crippen LogP contribution in [0.3, 0.4) is 0 Å². The highest BCUT2D eigenvalue weighted by molar-refractivity contribution is 5.69. The first-order valence-corrected chi connectivity index (χ1v) is 5.52. The van der Waals surface area contributed by atoms with Crippen LogP contribution < -0.4 is 0 Å². The van der Waals surface area contributed by atoms with Gasteiger partial charge in [-0.3, -0.25) is 4.90 Å². The number of ether oxygens (including phenoxy) is 1. The first kappa shape index (κ1) is 13.2. The Hall–Kier alpha value is -0.840. The number of hydrogen-bond donors (Lipinski definition) is 1. The van der Waals surface area contributed by atoms with Crippen LogP contribution in [0, 0.1) is 0 Å². The van der Waals surface area contributed by atoms with Crippen molar-refractivity contribution in [2.24, 2.45) is 0 Å². The first-order valence-electron chi connectivity index (χ1n) is 5.52. The Labute approximate surface area is 95.4 Å². The number of aliphatic hydroxyl groups is 1. The summed E-state index contributed by atoms with van der Waals surface area (Å²) in [7, 11) is 0. The third kappa shape index (κ3) is 3.33. The van der Waals surface area contributed by atoms with E-state index in [0.717, 1.165) is 0 Å². The van der Waals surface area contributed by atoms with Crippen LogP contribution in [-0.4, -0.2) is 46.6 Å². The van der Waals surface area contributed by atoms with Gasteiger partial charge in [0, 0.05) is 6.42 Å². The molecule has 0 bridgehead atoms. The maximum absolute atomic E-state index is 13.2. The Balaban J connectivity index is 2.67. The maximum atomic E-state index is 13.2. The predicted octanol–water partition coefficient (Wildman–Crippen LogP) is 1.71. The topological polar surface area (TPSA) is 49.8 Å². The molecule has 94 valence electrons. The predicted molar refractivity (Wildman–Crippen MR) is 57.9 cm³/mol. The van der Waals surface area contributed by atoms with Crippen molar-refractivity contribution in [3.8, 4) is 0 Å². The number of amides is 1. The lowest BCUT2D eigenvalue weighted by molar-refractivity contribution is 0.00771. The van der Waals surface area contributed by atoms with Gasteiger partial charge in [0.1, 0.15) is 11.8 Å². The second kappa shape index (κ2) is 4.57. The minimum absolute atomic E-state index is 0.00444. The molecule has 3 unspecified atom stereocenters. The summed E-state index contributed by atoms with van der Waals surface area (Å²) in [6, 6.07) is -0.482. The summed E-state index contributed by atoms with van der Waals surface area (Å²) in [6.45, 7) is 6.83. The summed E-state index contributed by atoms with van der Waals surface area (Å²) >= 11 is 0. The number of carbonyl (C=O) groups excluding carboxylic acids is 1. The van der Waals surface area contributed by atoms with Crippen molar-refractivity contribution in [3.63, 3.8) is 0 Å². The van der Waals surface area contributed by atoms with E-state index >= 15 is 0 Å². The Morgan fingerprint density at radius 2 is 2.12 bits per heavy atom. The van der Waals surface area contributed by atoms with Gasteiger partial charge in [-0.2, -0.15) is 0 Å². The Morgan fingerprint density at radius 3 is 2.56 bits per heavy atom. The second-order valence-electron chi connectivity index (χ2n) is 5.27. The molecular weight excluding hydrogens is 213 g/mol. The van der Waals surface area contributed by atoms with Gasteiger partial charge in [0.05, 0.1) is 18.7 Å². The first-order chi connectivity index (χ1) is 7.20. The Morgan fingerprint density at radius 1 is 1.56 bits per heavy atom. The minimum atomic E-state index is -1.08. The average molecular weight is 233 g/mol. The molecule has 1 aliphatic rings. The molecule has 0 saturated carbocycles. The van der Waals surface area contributed by atoms with E-state index in [1.807, 2.05) is 0 Å². The fourth-order valence-electron chi connectivity index (χ4n) is 1.80. The van der Waals surface area contributed by atoms with Gasteiger partial charge in [-0.25, -0.2) is 9.18 Å². The van der Waals surface area contributed by atoms with E-state index in [1.165, 1.54) is 4.90 Å². The van der Waals surface area contributed by atoms with Gasteiger partial charge >= 0.3 is 6.09 Å². The number of alkyl halides is 1. The van der Waals surface area contributed by atoms with Crippen LogP contribution in [0.15, 0.2) is 0 Å². The summed E-state index contributed by atoms with van der Waals surface area (Å²) in [6.07, 6.45) is -2.20. The Kier molecular flexibility index (Phi) is 3.78. The zero-order chi connectivity index (χ0) is 12.5. The molecule has 0 radical (unpaired) electrons. The molecule has 4 nitrogen and oxygen atoms in total. The molecule has 0 spiro atoms. The van der Waals surface area contributed by atoms with Crippen LogP contribution in [0.25, 0.3) is 0 Å². The highest BCUT2D eigenvalue weighted by Gasteiger charge is 2.39. The number of likely N-dealkylation sites (tertiary alicyclic amines) is 1. The van der Waals surface area contributed by atoms with Gasteiger partial charge < -0.3 is 9.84 Å². The largest absolute Gasteiger partial charge is 0.444 e. The molecule has 1 aliphatic heterocycles. The molecule has 1 heterocycles. The van der Waals surface area contributed by atoms with Crippen molar-refractivity contribution in [1.29, 1.82) is 0 Å². The van der Waals surface area contributed by atoms with Crippen LogP contribution in [0.2, 0.25) is 0 Å². The van der Waals surface area contributed by atoms with E-state index in [2.05, 4.69) is 0 Å². The van der Waals surface area contributed by atoms with Crippen LogP contribution in [-0.2, 0) is 4.74 Å². The Bertz CT molecular complexity index is 262. The maximum Gasteiger partial charge on any atom is 0.410 e. The SMILES string of the molecule is CC(O)C1CC(F)CN1C(=O)OC(C)(C)C. The number of carbonyl (C=O) groups is 1. The quantitative estimate of drug-likeness (QED) is 0.750. The molecule has 1 saturated heterocycles. The number of hydrogen-bond acceptors (Lipinski definition) is 3. The van der Waals surface area contributed by atoms with Crippen molar-refractivity contribution in [3.05, 3.63) is 0 Å². The lowest BCUT2D eigenvalue weighted by atomic mass is 10.1. The third-order valence-corrected chi connectivity index (χ3v) is 2.48. The normalized spacial score (nSPS) is 28.0. The van der Waals surface area contributed by atoms with Gasteiger partial charge in [-0.05, 0) is 27.7 Å². The summed E-state index contributed by atoms with van der Waals surface area (Å²) in [5.41, 5.74) is -0.602. The zero-order valence-electron chi connectivity index (χ0n) is 10.2. The van der Waals surface area contributed by atoms with E-state index in [1.54, 1.807) is 27.7 Å². The lowest BCUT2D eigenvalue weighted by Crippen LogP contribution is -2.44. The van der Waals surface area contributed by atoms with Crippen LogP contribution in [0.1, 0.15) is 34.1 Å². The minimum Gasteiger partial charge on any atom is -0.444 e. The fraction of sp³-hybridized carbons (Fsp3) is 0.909. The fourth-order valence-corrected chi connectivity index (χ4v) is 1.80. The lowest BCUT2D eigenvalue weighted by Gasteiger charge is -2.29. The van der Waals surface area contributed by atoms with E-state index in [4.69, 9.17) is 4.74 Å². The van der Waals surface area contributed by atoms with Crippen molar-refractivity contribution in [1.82, 2.24) is 4.90 Å². The van der Waals surface area contributed by atoms with Crippen LogP contribution in [0.4, 0.5) is 9.18 Å². The van der Waals surface area contributed by atoms with Gasteiger partial charge in [-0.15, -0.1) is 0 Å². The molecule has 1 N–H and O–H groups in total. The highest BCUT2D eigenvalue weighted by atomic mass is 19.1. The van der Waals surface area contributed by atoms with E-state index in [0.29, 0.717) is 0 Å². The van der Waals surface area contributed by atoms with Crippen LogP contribution >= 0.6 is 0 Å². The van der Waals surface area contributed by atoms with Crippen molar-refractivity contribution in [2.45, 2.75) is 58.0 Å². The summed E-state index contributed by atoms with van der Waals surface area (Å²) in [4.78, 5) is 13.0. The van der Waals surface area contributed by atoms with Gasteiger partial charge in [0.25, 0.3) is 0 Å². The van der Waals surface area contributed by atoms with Crippen molar-refractivity contribution >= 4 is 6.09 Å². The summed E-state index contributed by atoms with van der Waals surface area (Å²) < 4.78 is 18.4. The number of rotatable bonds is 1. The molecule has 5 heteroatoms. The molecule has 16 heavy (non-hydrogen) atoms. The standard InChI is InChI=1S/C11H20FNO3/c1-7(14)9-5-8(12)6-13(9)10(15)16-11(2,3)4/h7-9,14H,5-6H2,1-4H3. The van der Waals surface area contributed by atoms with Crippen LogP contribution in [0.5, 0.6) is 0 Å². The molecule has 1 fully saturated rings. The number of halogens is 1. The van der Waals surface area contributed by atoms with Gasteiger partial charge in [-0.1, -0.05) is 0 Å². The molecule has 0 aromatic rings. The van der Waals surface area contributed by atoms with E-state index in [9.17, 15) is 14.3 Å². The number of nitrogens with zero attached hydrogens (tertiary/aromatic N) is 1. The second-order valence-corrected chi connectivity index (χ2v) is 5.27. The number of aliphatic hydroxyl groups excluding tert-OH is 1. The molecular formula is C11H20FNO3. The van der Waals surface area contributed by atoms with Gasteiger partial charge in [0.15, 0.2) is 0 Å². The molecule has 1 rings (SSSR count). The zero-order valence-corrected chi connectivity index (χ0v) is 10.2. The molecule has 0 aromatic carbocycles. The molecule has 0 aromatic heterocycles. The highest BCUT2D eigenvalue weighted by Crippen LogP contribution is 2.25. The smallest absolute Gasteiger partial charge is 0.410 e. The molecule has 1 amide bonds. The molecule has 3 atom stereocenters. The van der Waals surface area contributed by atoms with E-state index < -0.39 is 30.0 Å². The van der Waals surface area contributed by atoms with E-state index in [-0.39, 0.29) is 13.0 Å². The third-order valence-electron chi connectivity index (χ3n) is 2.48. The van der Waals surface area contributed by atoms with Crippen molar-refractivity contribution in [2.75, 3.05) is 6.54 Å². The summed E-state index contributed by atoms with van der Waals surface area (Å²) in [5, 5.41) is 9.47. The molecule has 0 aliphatic carbocycles. The monoisotopic (exact) mass is 233 g/mol. The van der Waals surface area contributed by atoms with Crippen molar-refractivity contribution < 1.29 is 19.0 Å². The average Bonchev–Trinajstić information content (AvgIpc) is 2.44.